The first-order valence-corrected chi connectivity index (χ1v) is 32.4. The minimum absolute atomic E-state index is 0.0435. The van der Waals surface area contributed by atoms with E-state index >= 15 is 9.59 Å². The van der Waals surface area contributed by atoms with E-state index in [4.69, 9.17) is 5.73 Å². The number of benzene rings is 3. The van der Waals surface area contributed by atoms with Crippen molar-refractivity contribution in [2.75, 3.05) is 19.6 Å². The summed E-state index contributed by atoms with van der Waals surface area (Å²) in [5.74, 6) is -8.03. The summed E-state index contributed by atoms with van der Waals surface area (Å²) in [6.45, 7) is 4.72. The molecule has 2 aliphatic rings. The third-order valence-corrected chi connectivity index (χ3v) is 17.1. The van der Waals surface area contributed by atoms with E-state index in [1.807, 2.05) is 0 Å². The second-order valence-electron chi connectivity index (χ2n) is 24.2. The van der Waals surface area contributed by atoms with Gasteiger partial charge in [0.1, 0.15) is 54.4 Å². The summed E-state index contributed by atoms with van der Waals surface area (Å²) >= 11 is 0. The zero-order valence-corrected chi connectivity index (χ0v) is 53.4. The number of hydrogen-bond acceptors (Lipinski definition) is 15. The summed E-state index contributed by atoms with van der Waals surface area (Å²) in [6.07, 6.45) is 11.8. The van der Waals surface area contributed by atoms with Crippen LogP contribution in [0.5, 0.6) is 0 Å². The van der Waals surface area contributed by atoms with Gasteiger partial charge in [-0.25, -0.2) is 19.7 Å². The number of nitrogens with two attached hydrogens (primary N) is 1. The second-order valence-corrected chi connectivity index (χ2v) is 24.2. The van der Waals surface area contributed by atoms with E-state index in [0.29, 0.717) is 79.0 Å². The van der Waals surface area contributed by atoms with Crippen molar-refractivity contribution in [1.29, 1.82) is 0 Å². The maximum atomic E-state index is 15.1. The van der Waals surface area contributed by atoms with Crippen molar-refractivity contribution in [2.45, 2.75) is 164 Å². The smallest absolute Gasteiger partial charge is 0.326 e. The molecule has 3 aromatic carbocycles. The molecule has 506 valence electrons. The van der Waals surface area contributed by atoms with Gasteiger partial charge >= 0.3 is 5.97 Å². The van der Waals surface area contributed by atoms with Gasteiger partial charge in [0.2, 0.25) is 53.2 Å². The Morgan fingerprint density at radius 1 is 0.516 bits per heavy atom. The van der Waals surface area contributed by atoms with E-state index in [9.17, 15) is 43.5 Å². The quantitative estimate of drug-likeness (QED) is 0.0238. The Hall–Kier alpha value is -10.1. The number of aliphatic carboxylic acids is 1. The van der Waals surface area contributed by atoms with Gasteiger partial charge in [-0.3, -0.25) is 43.2 Å². The van der Waals surface area contributed by atoms with Crippen LogP contribution in [0.3, 0.4) is 0 Å². The average molecular weight is 1310 g/mol. The third-order valence-electron chi connectivity index (χ3n) is 17.1. The van der Waals surface area contributed by atoms with Crippen LogP contribution in [0.25, 0.3) is 0 Å². The van der Waals surface area contributed by atoms with Crippen LogP contribution in [0.2, 0.25) is 0 Å². The molecule has 0 spiro atoms. The standard InChI is InChI=1S/C67H87N17O11/c1-3-41(2)57(65(92)81-54(33-46-36-70-39-74-46)61(88)76-49(67(94)95)23-13-14-26-68)83-63(90)52(31-44-21-11-6-12-22-44)78-59(86)50(29-42-17-7-4-8-18-42)77-62(89)53(32-45-35-69-38-73-45)79-60(87)51(30-43-19-9-5-10-20-43)80-64(91)56-25-16-28-84(56)66(93)55(34-47-37-71-40-75-47)82-58(85)48-24-15-27-72-48/h4-12,17-22,35-41,48-57,72H,3,13-16,23-34,68H2,1-2H3,(H,69,73)(H,70,74)(H,71,75)(H,76,88)(H,77,89)(H,78,86)(H,79,87)(H,80,91)(H,81,92)(H,82,85)(H,83,90)(H,94,95)/t41-,48-,49-,50+,51+,52+,53+,54+,55+,56-,57+/m1/s1. The molecule has 0 unspecified atom stereocenters. The van der Waals surface area contributed by atoms with Crippen LogP contribution >= 0.6 is 0 Å². The van der Waals surface area contributed by atoms with E-state index in [0.717, 1.165) is 6.42 Å². The van der Waals surface area contributed by atoms with Gasteiger partial charge in [0.15, 0.2) is 0 Å². The molecule has 2 aliphatic heterocycles. The molecule has 0 bridgehead atoms. The topological polar surface area (TPSA) is 414 Å². The van der Waals surface area contributed by atoms with Gasteiger partial charge in [0.25, 0.3) is 0 Å². The molecule has 3 aromatic heterocycles. The molecule has 0 aliphatic carbocycles. The lowest BCUT2D eigenvalue weighted by molar-refractivity contribution is -0.142. The maximum Gasteiger partial charge on any atom is 0.326 e. The number of nitrogens with zero attached hydrogens (tertiary/aromatic N) is 4. The molecule has 5 heterocycles. The highest BCUT2D eigenvalue weighted by atomic mass is 16.4. The number of hydrogen-bond donors (Lipinski definition) is 14. The SMILES string of the molecule is CC[C@@H](C)[C@H](NC(=O)[C@H](Cc1ccccc1)NC(=O)[C@H](Cc1ccccc1)NC(=O)[C@H](Cc1cnc[nH]1)NC(=O)[C@H](Cc1ccccc1)NC(=O)[C@H]1CCCN1C(=O)[C@H](Cc1cnc[nH]1)NC(=O)[C@H]1CCCN1)C(=O)N[C@@H](Cc1cnc[nH]1)C(=O)N[C@H](CCCCN)C(=O)O. The third kappa shape index (κ3) is 21.2. The largest absolute Gasteiger partial charge is 0.480 e. The van der Waals surface area contributed by atoms with Crippen LogP contribution in [0.1, 0.15) is 99.0 Å². The number of H-pyrrole nitrogens is 3. The normalized spacial score (nSPS) is 17.2. The average Bonchev–Trinajstić information content (AvgIpc) is 1.83. The molecular formula is C67H87N17O11. The highest BCUT2D eigenvalue weighted by Crippen LogP contribution is 2.22. The molecule has 28 heteroatoms. The highest BCUT2D eigenvalue weighted by Gasteiger charge is 2.41. The Labute approximate surface area is 550 Å². The van der Waals surface area contributed by atoms with Gasteiger partial charge in [-0.1, -0.05) is 111 Å². The molecule has 6 aromatic rings. The van der Waals surface area contributed by atoms with Crippen LogP contribution in [-0.2, 0) is 86.5 Å². The first kappa shape index (κ1) is 70.8. The fraction of sp³-hybridized carbons (Fsp3) is 0.448. The Kier molecular flexibility index (Phi) is 26.7. The molecule has 0 saturated carbocycles. The predicted molar refractivity (Wildman–Crippen MR) is 349 cm³/mol. The number of carbonyl (C=O) groups is 10. The highest BCUT2D eigenvalue weighted by molar-refractivity contribution is 5.99. The van der Waals surface area contributed by atoms with Gasteiger partial charge in [0, 0.05) is 80.7 Å². The van der Waals surface area contributed by atoms with E-state index in [1.54, 1.807) is 111 Å². The van der Waals surface area contributed by atoms with Gasteiger partial charge in [-0.15, -0.1) is 0 Å². The van der Waals surface area contributed by atoms with Crippen molar-refractivity contribution in [3.63, 3.8) is 0 Å². The lowest BCUT2D eigenvalue weighted by Crippen LogP contribution is -2.62. The van der Waals surface area contributed by atoms with Crippen LogP contribution in [-0.4, -0.2) is 179 Å². The van der Waals surface area contributed by atoms with E-state index in [-0.39, 0.29) is 63.8 Å². The molecule has 2 saturated heterocycles. The Bertz CT molecular complexity index is 3450. The summed E-state index contributed by atoms with van der Waals surface area (Å²) < 4.78 is 0. The van der Waals surface area contributed by atoms with E-state index in [2.05, 4.69) is 77.8 Å². The molecule has 0 radical (unpaired) electrons. The lowest BCUT2D eigenvalue weighted by Gasteiger charge is -2.31. The van der Waals surface area contributed by atoms with Crippen molar-refractivity contribution < 1.29 is 53.1 Å². The van der Waals surface area contributed by atoms with Gasteiger partial charge < -0.3 is 78.5 Å². The summed E-state index contributed by atoms with van der Waals surface area (Å²) in [5.41, 5.74) is 9.01. The minimum atomic E-state index is -1.43. The van der Waals surface area contributed by atoms with E-state index < -0.39 is 120 Å². The fourth-order valence-corrected chi connectivity index (χ4v) is 11.7. The summed E-state index contributed by atoms with van der Waals surface area (Å²) in [5, 5.41) is 35.7. The Balaban J connectivity index is 1.03. The summed E-state index contributed by atoms with van der Waals surface area (Å²) in [6, 6.07) is 14.4. The first-order valence-electron chi connectivity index (χ1n) is 32.4. The molecule has 15 N–H and O–H groups in total. The zero-order valence-electron chi connectivity index (χ0n) is 53.4. The number of aromatic amines is 3. The van der Waals surface area contributed by atoms with Gasteiger partial charge in [-0.2, -0.15) is 0 Å². The molecule has 95 heavy (non-hydrogen) atoms. The Morgan fingerprint density at radius 2 is 0.937 bits per heavy atom. The number of carboxylic acid groups (broad SMARTS) is 1. The summed E-state index contributed by atoms with van der Waals surface area (Å²) in [4.78, 5) is 166. The van der Waals surface area contributed by atoms with Crippen molar-refractivity contribution >= 4 is 59.1 Å². The Morgan fingerprint density at radius 3 is 1.36 bits per heavy atom. The number of likely N-dealkylation sites (tertiary alicyclic amines) is 1. The van der Waals surface area contributed by atoms with Gasteiger partial charge in [-0.05, 0) is 80.6 Å². The number of amides is 9. The predicted octanol–water partition coefficient (Wildman–Crippen LogP) is 0.493. The monoisotopic (exact) mass is 1310 g/mol. The number of carbonyl (C=O) groups excluding carboxylic acids is 9. The molecular weight excluding hydrogens is 1220 g/mol. The van der Waals surface area contributed by atoms with E-state index in [1.165, 1.54) is 36.3 Å². The van der Waals surface area contributed by atoms with Crippen molar-refractivity contribution in [3.05, 3.63) is 162 Å². The molecule has 2 fully saturated rings. The first-order chi connectivity index (χ1) is 46.0. The molecule has 8 rings (SSSR count). The van der Waals surface area contributed by atoms with Crippen LogP contribution in [0.4, 0.5) is 0 Å². The van der Waals surface area contributed by atoms with Crippen LogP contribution < -0.4 is 53.6 Å². The minimum Gasteiger partial charge on any atom is -0.480 e. The van der Waals surface area contributed by atoms with Crippen molar-refractivity contribution in [1.82, 2.24) is 82.7 Å². The fourth-order valence-electron chi connectivity index (χ4n) is 11.7. The lowest BCUT2D eigenvalue weighted by atomic mass is 9.96. The van der Waals surface area contributed by atoms with Crippen LogP contribution in [0, 0.1) is 5.92 Å². The molecule has 11 atom stereocenters. The van der Waals surface area contributed by atoms with Gasteiger partial charge in [0.05, 0.1) is 25.0 Å². The number of aromatic nitrogens is 6. The molecule has 28 nitrogen and oxygen atoms in total. The maximum absolute atomic E-state index is 15.1. The second kappa shape index (κ2) is 35.8. The van der Waals surface area contributed by atoms with Crippen LogP contribution in [0.15, 0.2) is 129 Å². The summed E-state index contributed by atoms with van der Waals surface area (Å²) in [7, 11) is 0. The zero-order chi connectivity index (χ0) is 67.6. The number of unbranched alkanes of at least 4 members (excludes halogenated alkanes) is 1. The number of rotatable bonds is 36. The number of nitrogens with one attached hydrogen (secondary N) is 12. The number of imidazole rings is 3. The van der Waals surface area contributed by atoms with Crippen molar-refractivity contribution in [2.24, 2.45) is 11.7 Å². The number of carboxylic acids is 1. The van der Waals surface area contributed by atoms with Crippen molar-refractivity contribution in [3.8, 4) is 0 Å². The molecule has 9 amide bonds.